The van der Waals surface area contributed by atoms with Gasteiger partial charge in [-0.1, -0.05) is 16.6 Å². The van der Waals surface area contributed by atoms with E-state index in [-0.39, 0.29) is 0 Å². The van der Waals surface area contributed by atoms with Crippen molar-refractivity contribution >= 4 is 26.8 Å². The van der Waals surface area contributed by atoms with Gasteiger partial charge in [0.05, 0.1) is 0 Å². The minimum Gasteiger partial charge on any atom is -0.169 e. The maximum absolute atomic E-state index is 11.3. The molecule has 0 aliphatic carbocycles. The van der Waals surface area contributed by atoms with Gasteiger partial charge in [0.2, 0.25) is 0 Å². The topological polar surface area (TPSA) is 93.0 Å². The summed E-state index contributed by atoms with van der Waals surface area (Å²) in [6, 6.07) is 0.789. The van der Waals surface area contributed by atoms with Crippen molar-refractivity contribution in [2.75, 3.05) is 0 Å². The van der Waals surface area contributed by atoms with E-state index >= 15 is 0 Å². The Morgan fingerprint density at radius 2 is 1.18 bits per heavy atom. The third-order valence-corrected chi connectivity index (χ3v) is 0.899. The van der Waals surface area contributed by atoms with E-state index in [4.69, 9.17) is 0 Å². The largest absolute Gasteiger partial charge is 0.427 e. The van der Waals surface area contributed by atoms with Gasteiger partial charge in [-0.3, -0.25) is 0 Å². The minimum atomic E-state index is -5.26. The predicted octanol–water partition coefficient (Wildman–Crippen LogP) is -0.411. The molecule has 0 radical (unpaired) electrons. The average molecular weight is 206 g/mol. The van der Waals surface area contributed by atoms with Crippen LogP contribution in [0.25, 0.3) is 0 Å². The van der Waals surface area contributed by atoms with Crippen molar-refractivity contribution < 1.29 is 24.6 Å². The smallest absolute Gasteiger partial charge is 0.169 e. The quantitative estimate of drug-likeness (QED) is 0.453. The molecule has 0 aliphatic rings. The molecule has 6 nitrogen and oxygen atoms in total. The van der Waals surface area contributed by atoms with Gasteiger partial charge in [0.25, 0.3) is 0 Å². The van der Waals surface area contributed by atoms with E-state index in [1.54, 1.807) is 0 Å². The van der Waals surface area contributed by atoms with Crippen LogP contribution in [0, 0.1) is 0 Å². The van der Waals surface area contributed by atoms with Gasteiger partial charge in [-0.25, -0.2) is 0 Å². The first-order chi connectivity index (χ1) is 4.71. The van der Waals surface area contributed by atoms with Crippen LogP contribution in [0.4, 0.5) is 7.77 Å². The summed E-state index contributed by atoms with van der Waals surface area (Å²) in [5.74, 6) is 0. The highest BCUT2D eigenvalue weighted by Crippen LogP contribution is 1.91. The molecular formula is CF2N2O4S2. The van der Waals surface area contributed by atoms with Crippen molar-refractivity contribution in [1.82, 2.24) is 0 Å². The average Bonchev–Trinajstić information content (AvgIpc) is 1.55. The fourth-order valence-corrected chi connectivity index (χ4v) is 0.443. The summed E-state index contributed by atoms with van der Waals surface area (Å²) in [6.45, 7) is 0. The Morgan fingerprint density at radius 1 is 0.909 bits per heavy atom. The van der Waals surface area contributed by atoms with Crippen LogP contribution in [0.1, 0.15) is 0 Å². The molecule has 0 amide bonds. The second kappa shape index (κ2) is 3.03. The number of nitrogens with zero attached hydrogens (tertiary/aromatic N) is 2. The highest BCUT2D eigenvalue weighted by atomic mass is 32.3. The van der Waals surface area contributed by atoms with Crippen LogP contribution in [0.5, 0.6) is 0 Å². The highest BCUT2D eigenvalue weighted by Gasteiger charge is 2.02. The van der Waals surface area contributed by atoms with Gasteiger partial charge in [-0.15, -0.1) is 0 Å². The lowest BCUT2D eigenvalue weighted by molar-refractivity contribution is 0.554. The minimum absolute atomic E-state index is 0.789. The molecule has 0 bridgehead atoms. The third kappa shape index (κ3) is 9.14. The standard InChI is InChI=1S/CF2N2O4S2/c2-10(6,7)4-1-5-11(3,8)9. The first kappa shape index (κ1) is 10.1. The molecule has 0 rings (SSSR count). The fraction of sp³-hybridized carbons (Fsp3) is 0. The normalized spacial score (nSPS) is 11.8. The molecule has 0 aliphatic heterocycles. The van der Waals surface area contributed by atoms with Crippen LogP contribution in [-0.4, -0.2) is 22.8 Å². The lowest BCUT2D eigenvalue weighted by Gasteiger charge is -1.72. The molecule has 0 aromatic carbocycles. The van der Waals surface area contributed by atoms with E-state index in [9.17, 15) is 24.6 Å². The lowest BCUT2D eigenvalue weighted by atomic mass is 11.6. The van der Waals surface area contributed by atoms with E-state index in [1.165, 1.54) is 0 Å². The Kier molecular flexibility index (Phi) is 2.79. The summed E-state index contributed by atoms with van der Waals surface area (Å²) in [5, 5.41) is 0. The molecule has 0 aromatic heterocycles. The van der Waals surface area contributed by atoms with E-state index in [0.29, 0.717) is 0 Å². The van der Waals surface area contributed by atoms with Crippen molar-refractivity contribution in [1.29, 1.82) is 0 Å². The monoisotopic (exact) mass is 206 g/mol. The van der Waals surface area contributed by atoms with E-state index < -0.39 is 20.8 Å². The van der Waals surface area contributed by atoms with Gasteiger partial charge in [0.1, 0.15) is 6.01 Å². The van der Waals surface area contributed by atoms with E-state index in [2.05, 4.69) is 0 Å². The van der Waals surface area contributed by atoms with Crippen LogP contribution >= 0.6 is 0 Å². The number of hydrogen-bond donors (Lipinski definition) is 0. The molecule has 0 N–H and O–H groups in total. The summed E-state index contributed by atoms with van der Waals surface area (Å²) in [6.07, 6.45) is 0. The van der Waals surface area contributed by atoms with E-state index in [0.717, 1.165) is 6.01 Å². The molecule has 64 valence electrons. The van der Waals surface area contributed by atoms with Crippen molar-refractivity contribution in [3.05, 3.63) is 0 Å². The number of hydrogen-bond acceptors (Lipinski definition) is 4. The zero-order valence-corrected chi connectivity index (χ0v) is 6.23. The van der Waals surface area contributed by atoms with Crippen LogP contribution in [0.2, 0.25) is 0 Å². The van der Waals surface area contributed by atoms with E-state index in [1.807, 2.05) is 8.80 Å². The highest BCUT2D eigenvalue weighted by molar-refractivity contribution is 7.85. The van der Waals surface area contributed by atoms with Crippen LogP contribution in [0.15, 0.2) is 8.80 Å². The molecule has 0 spiro atoms. The third-order valence-electron chi connectivity index (χ3n) is 0.300. The maximum Gasteiger partial charge on any atom is 0.427 e. The molecule has 0 saturated carbocycles. The van der Waals surface area contributed by atoms with Gasteiger partial charge < -0.3 is 0 Å². The maximum atomic E-state index is 11.3. The molecule has 0 fully saturated rings. The molecule has 0 saturated heterocycles. The predicted molar refractivity (Wildman–Crippen MR) is 29.9 cm³/mol. The SMILES string of the molecule is O=S(=O)(F)N=C=NS(=O)(=O)F. The summed E-state index contributed by atoms with van der Waals surface area (Å²) < 4.78 is 64.1. The summed E-state index contributed by atoms with van der Waals surface area (Å²) in [5.41, 5.74) is 0. The molecule has 11 heavy (non-hydrogen) atoms. The molecule has 0 unspecified atom stereocenters. The second-order valence-corrected chi connectivity index (χ2v) is 3.12. The van der Waals surface area contributed by atoms with Crippen LogP contribution < -0.4 is 0 Å². The van der Waals surface area contributed by atoms with Gasteiger partial charge in [0.15, 0.2) is 0 Å². The molecule has 0 atom stereocenters. The number of rotatable bonds is 2. The van der Waals surface area contributed by atoms with Gasteiger partial charge in [-0.05, 0) is 0 Å². The molecule has 0 aromatic rings. The van der Waals surface area contributed by atoms with Crippen LogP contribution in [0.3, 0.4) is 0 Å². The Bertz CT molecular complexity index is 350. The lowest BCUT2D eigenvalue weighted by Crippen LogP contribution is -1.83. The van der Waals surface area contributed by atoms with Gasteiger partial charge in [0, 0.05) is 0 Å². The van der Waals surface area contributed by atoms with Crippen molar-refractivity contribution in [3.63, 3.8) is 0 Å². The fourth-order valence-electron chi connectivity index (χ4n) is 0.114. The van der Waals surface area contributed by atoms with Crippen molar-refractivity contribution in [2.24, 2.45) is 8.80 Å². The molecule has 10 heteroatoms. The first-order valence-corrected chi connectivity index (χ1v) is 4.47. The first-order valence-electron chi connectivity index (χ1n) is 1.79. The summed E-state index contributed by atoms with van der Waals surface area (Å²) in [4.78, 5) is 0. The van der Waals surface area contributed by atoms with Crippen molar-refractivity contribution in [2.45, 2.75) is 0 Å². The van der Waals surface area contributed by atoms with Gasteiger partial charge in [-0.2, -0.15) is 16.8 Å². The van der Waals surface area contributed by atoms with Gasteiger partial charge >= 0.3 is 20.8 Å². The number of halogens is 2. The van der Waals surface area contributed by atoms with Crippen LogP contribution in [-0.2, 0) is 20.8 Å². The Balaban J connectivity index is 4.80. The Morgan fingerprint density at radius 3 is 1.36 bits per heavy atom. The van der Waals surface area contributed by atoms with Crippen molar-refractivity contribution in [3.8, 4) is 0 Å². The zero-order valence-electron chi connectivity index (χ0n) is 4.60. The molecule has 0 heterocycles. The second-order valence-electron chi connectivity index (χ2n) is 1.11. The molecular weight excluding hydrogens is 206 g/mol. The Hall–Kier alpha value is -0.860. The summed E-state index contributed by atoms with van der Waals surface area (Å²) in [7, 11) is -10.5. The zero-order chi connectivity index (χ0) is 9.12. The Labute approximate surface area is 61.0 Å². The summed E-state index contributed by atoms with van der Waals surface area (Å²) >= 11 is 0.